The van der Waals surface area contributed by atoms with E-state index in [1.54, 1.807) is 0 Å². The van der Waals surface area contributed by atoms with Gasteiger partial charge in [0.05, 0.1) is 12.6 Å². The van der Waals surface area contributed by atoms with Crippen molar-refractivity contribution in [2.75, 3.05) is 36.5 Å². The van der Waals surface area contributed by atoms with E-state index in [0.717, 1.165) is 19.6 Å². The number of rotatable bonds is 3. The van der Waals surface area contributed by atoms with Gasteiger partial charge in [0.15, 0.2) is 0 Å². The molecule has 0 spiro atoms. The fourth-order valence-corrected chi connectivity index (χ4v) is 2.63. The molecule has 3 heteroatoms. The molecule has 92 valence electrons. The van der Waals surface area contributed by atoms with Crippen LogP contribution in [0.25, 0.3) is 0 Å². The van der Waals surface area contributed by atoms with Gasteiger partial charge in [-0.25, -0.2) is 0 Å². The summed E-state index contributed by atoms with van der Waals surface area (Å²) in [6, 6.07) is 9.32. The van der Waals surface area contributed by atoms with Crippen LogP contribution < -0.4 is 10.2 Å². The monoisotopic (exact) mass is 232 g/mol. The molecule has 3 rings (SSSR count). The van der Waals surface area contributed by atoms with Crippen molar-refractivity contribution in [3.8, 4) is 0 Å². The maximum atomic E-state index is 5.36. The number of nitrogens with one attached hydrogen (secondary N) is 1. The van der Waals surface area contributed by atoms with Crippen LogP contribution in [0.4, 0.5) is 11.4 Å². The highest BCUT2D eigenvalue weighted by molar-refractivity contribution is 5.55. The smallest absolute Gasteiger partial charge is 0.0668 e. The molecule has 0 amide bonds. The minimum Gasteiger partial charge on any atom is -0.380 e. The fraction of sp³-hybridized carbons (Fsp3) is 0.571. The summed E-state index contributed by atoms with van der Waals surface area (Å²) in [5, 5.41) is 3.52. The van der Waals surface area contributed by atoms with Crippen LogP contribution in [0.3, 0.4) is 0 Å². The maximum Gasteiger partial charge on any atom is 0.0668 e. The lowest BCUT2D eigenvalue weighted by Crippen LogP contribution is -2.19. The van der Waals surface area contributed by atoms with Crippen LogP contribution in [-0.2, 0) is 4.74 Å². The second kappa shape index (κ2) is 4.96. The van der Waals surface area contributed by atoms with Crippen molar-refractivity contribution in [1.29, 1.82) is 0 Å². The summed E-state index contributed by atoms with van der Waals surface area (Å²) in [5.41, 5.74) is 2.57. The number of benzene rings is 1. The van der Waals surface area contributed by atoms with E-state index < -0.39 is 0 Å². The molecule has 0 saturated carbocycles. The molecule has 0 bridgehead atoms. The lowest BCUT2D eigenvalue weighted by atomic mass is 10.2. The van der Waals surface area contributed by atoms with Crippen molar-refractivity contribution in [2.24, 2.45) is 0 Å². The molecule has 2 heterocycles. The lowest BCUT2D eigenvalue weighted by Gasteiger charge is -2.18. The highest BCUT2D eigenvalue weighted by atomic mass is 16.5. The molecule has 0 radical (unpaired) electrons. The van der Waals surface area contributed by atoms with Crippen molar-refractivity contribution in [3.05, 3.63) is 24.3 Å². The Hall–Kier alpha value is -1.22. The fourth-order valence-electron chi connectivity index (χ4n) is 2.63. The topological polar surface area (TPSA) is 24.5 Å². The molecular weight excluding hydrogens is 212 g/mol. The van der Waals surface area contributed by atoms with Gasteiger partial charge in [-0.1, -0.05) is 0 Å². The van der Waals surface area contributed by atoms with Crippen molar-refractivity contribution in [3.63, 3.8) is 0 Å². The van der Waals surface area contributed by atoms with Gasteiger partial charge in [0.2, 0.25) is 0 Å². The van der Waals surface area contributed by atoms with E-state index >= 15 is 0 Å². The van der Waals surface area contributed by atoms with Crippen LogP contribution in [-0.4, -0.2) is 32.3 Å². The standard InChI is InChI=1S/C14H20N2O/c1-2-9-16(8-1)14-5-3-12(4-6-14)15-13-7-10-17-11-13/h3-6,13,15H,1-2,7-11H2. The third kappa shape index (κ3) is 2.55. The molecule has 1 aromatic rings. The Labute approximate surface area is 103 Å². The Morgan fingerprint density at radius 3 is 2.53 bits per heavy atom. The summed E-state index contributed by atoms with van der Waals surface area (Å²) >= 11 is 0. The first-order valence-corrected chi connectivity index (χ1v) is 6.61. The molecule has 2 aliphatic heterocycles. The van der Waals surface area contributed by atoms with Crippen LogP contribution in [0.5, 0.6) is 0 Å². The molecule has 2 saturated heterocycles. The largest absolute Gasteiger partial charge is 0.380 e. The molecule has 3 nitrogen and oxygen atoms in total. The van der Waals surface area contributed by atoms with E-state index in [1.165, 1.54) is 37.3 Å². The molecule has 2 aliphatic rings. The molecule has 0 aliphatic carbocycles. The van der Waals surface area contributed by atoms with E-state index in [9.17, 15) is 0 Å². The molecule has 1 atom stereocenters. The highest BCUT2D eigenvalue weighted by Crippen LogP contribution is 2.23. The van der Waals surface area contributed by atoms with Crippen LogP contribution in [0.15, 0.2) is 24.3 Å². The summed E-state index contributed by atoms with van der Waals surface area (Å²) in [6.07, 6.45) is 3.78. The summed E-state index contributed by atoms with van der Waals surface area (Å²) in [5.74, 6) is 0. The van der Waals surface area contributed by atoms with Gasteiger partial charge in [0.1, 0.15) is 0 Å². The van der Waals surface area contributed by atoms with Crippen LogP contribution in [0.2, 0.25) is 0 Å². The van der Waals surface area contributed by atoms with Gasteiger partial charge in [-0.2, -0.15) is 0 Å². The third-order valence-corrected chi connectivity index (χ3v) is 3.64. The van der Waals surface area contributed by atoms with Crippen molar-refractivity contribution >= 4 is 11.4 Å². The van der Waals surface area contributed by atoms with E-state index in [2.05, 4.69) is 34.5 Å². The first kappa shape index (κ1) is 10.9. The molecule has 1 N–H and O–H groups in total. The van der Waals surface area contributed by atoms with Gasteiger partial charge in [-0.05, 0) is 43.5 Å². The normalized spacial score (nSPS) is 24.2. The quantitative estimate of drug-likeness (QED) is 0.866. The summed E-state index contributed by atoms with van der Waals surface area (Å²) < 4.78 is 5.36. The lowest BCUT2D eigenvalue weighted by molar-refractivity contribution is 0.195. The van der Waals surface area contributed by atoms with Gasteiger partial charge in [-0.3, -0.25) is 0 Å². The summed E-state index contributed by atoms with van der Waals surface area (Å²) in [6.45, 7) is 4.16. The average Bonchev–Trinajstić information content (AvgIpc) is 3.01. The van der Waals surface area contributed by atoms with Crippen molar-refractivity contribution in [2.45, 2.75) is 25.3 Å². The van der Waals surface area contributed by atoms with Gasteiger partial charge in [-0.15, -0.1) is 0 Å². The Morgan fingerprint density at radius 1 is 1.12 bits per heavy atom. The Kier molecular flexibility index (Phi) is 3.18. The van der Waals surface area contributed by atoms with Crippen molar-refractivity contribution in [1.82, 2.24) is 0 Å². The number of nitrogens with zero attached hydrogens (tertiary/aromatic N) is 1. The first-order chi connectivity index (χ1) is 8.42. The predicted molar refractivity (Wildman–Crippen MR) is 70.7 cm³/mol. The number of ether oxygens (including phenoxy) is 1. The Bertz CT molecular complexity index is 351. The van der Waals surface area contributed by atoms with E-state index in [0.29, 0.717) is 6.04 Å². The zero-order valence-electron chi connectivity index (χ0n) is 10.2. The number of hydrogen-bond donors (Lipinski definition) is 1. The molecule has 1 aromatic carbocycles. The number of hydrogen-bond acceptors (Lipinski definition) is 3. The van der Waals surface area contributed by atoms with E-state index in [-0.39, 0.29) is 0 Å². The van der Waals surface area contributed by atoms with Crippen LogP contribution in [0.1, 0.15) is 19.3 Å². The van der Waals surface area contributed by atoms with Gasteiger partial charge in [0.25, 0.3) is 0 Å². The zero-order valence-corrected chi connectivity index (χ0v) is 10.2. The van der Waals surface area contributed by atoms with E-state index in [4.69, 9.17) is 4.74 Å². The second-order valence-electron chi connectivity index (χ2n) is 4.95. The first-order valence-electron chi connectivity index (χ1n) is 6.61. The van der Waals surface area contributed by atoms with Crippen LogP contribution >= 0.6 is 0 Å². The molecular formula is C14H20N2O. The predicted octanol–water partition coefficient (Wildman–Crippen LogP) is 2.49. The third-order valence-electron chi connectivity index (χ3n) is 3.64. The SMILES string of the molecule is c1cc(N2CCCC2)ccc1NC1CCOC1. The highest BCUT2D eigenvalue weighted by Gasteiger charge is 2.15. The maximum absolute atomic E-state index is 5.36. The zero-order chi connectivity index (χ0) is 11.5. The average molecular weight is 232 g/mol. The summed E-state index contributed by atoms with van der Waals surface area (Å²) in [4.78, 5) is 2.46. The Balaban J connectivity index is 1.62. The molecule has 0 aromatic heterocycles. The van der Waals surface area contributed by atoms with Crippen molar-refractivity contribution < 1.29 is 4.74 Å². The Morgan fingerprint density at radius 2 is 1.88 bits per heavy atom. The second-order valence-corrected chi connectivity index (χ2v) is 4.95. The van der Waals surface area contributed by atoms with Crippen LogP contribution in [0, 0.1) is 0 Å². The molecule has 17 heavy (non-hydrogen) atoms. The number of anilines is 2. The van der Waals surface area contributed by atoms with E-state index in [1.807, 2.05) is 0 Å². The van der Waals surface area contributed by atoms with Gasteiger partial charge >= 0.3 is 0 Å². The molecule has 1 unspecified atom stereocenters. The summed E-state index contributed by atoms with van der Waals surface area (Å²) in [7, 11) is 0. The minimum absolute atomic E-state index is 0.493. The molecule has 2 fully saturated rings. The van der Waals surface area contributed by atoms with Gasteiger partial charge in [0, 0.05) is 31.1 Å². The van der Waals surface area contributed by atoms with Gasteiger partial charge < -0.3 is 15.0 Å². The minimum atomic E-state index is 0.493.